The number of hydrogen-bond donors (Lipinski definition) is 1. The highest BCUT2D eigenvalue weighted by molar-refractivity contribution is 5.93. The first-order valence-corrected chi connectivity index (χ1v) is 17.7. The van der Waals surface area contributed by atoms with Gasteiger partial charge in [0.25, 0.3) is 0 Å². The van der Waals surface area contributed by atoms with Gasteiger partial charge in [0.05, 0.1) is 0 Å². The summed E-state index contributed by atoms with van der Waals surface area (Å²) in [5.41, 5.74) is 11.9. The van der Waals surface area contributed by atoms with Crippen molar-refractivity contribution in [2.24, 2.45) is 11.1 Å². The van der Waals surface area contributed by atoms with Crippen LogP contribution in [0.25, 0.3) is 29.5 Å². The average molecular weight is 640 g/mol. The summed E-state index contributed by atoms with van der Waals surface area (Å²) < 4.78 is 0. The van der Waals surface area contributed by atoms with Crippen molar-refractivity contribution in [2.75, 3.05) is 6.54 Å². The second kappa shape index (κ2) is 20.2. The van der Waals surface area contributed by atoms with Crippen LogP contribution in [0.1, 0.15) is 90.3 Å². The molecule has 0 aliphatic rings. The topological polar surface area (TPSA) is 26.0 Å². The monoisotopic (exact) mass is 639 g/mol. The highest BCUT2D eigenvalue weighted by Crippen LogP contribution is 2.49. The minimum Gasteiger partial charge on any atom is -0.330 e. The molecule has 2 atom stereocenters. The second-order valence-corrected chi connectivity index (χ2v) is 12.9. The molecule has 0 fully saturated rings. The third kappa shape index (κ3) is 9.91. The van der Waals surface area contributed by atoms with Crippen molar-refractivity contribution in [1.82, 2.24) is 0 Å². The lowest BCUT2D eigenvalue weighted by atomic mass is 9.57. The van der Waals surface area contributed by atoms with Gasteiger partial charge in [0.1, 0.15) is 0 Å². The van der Waals surface area contributed by atoms with Gasteiger partial charge in [-0.25, -0.2) is 0 Å². The van der Waals surface area contributed by atoms with E-state index < -0.39 is 0 Å². The third-order valence-corrected chi connectivity index (χ3v) is 9.63. The second-order valence-electron chi connectivity index (χ2n) is 12.9. The number of benzene rings is 3. The van der Waals surface area contributed by atoms with Crippen LogP contribution in [0.15, 0.2) is 134 Å². The molecule has 0 heterocycles. The van der Waals surface area contributed by atoms with E-state index in [4.69, 9.17) is 5.73 Å². The number of unbranched alkanes of at least 4 members (excludes halogenated alkanes) is 1. The molecule has 48 heavy (non-hydrogen) atoms. The van der Waals surface area contributed by atoms with Crippen LogP contribution in [0, 0.1) is 12.3 Å². The van der Waals surface area contributed by atoms with Crippen LogP contribution >= 0.6 is 0 Å². The lowest BCUT2D eigenvalue weighted by molar-refractivity contribution is 0.206. The molecule has 0 aromatic heterocycles. The summed E-state index contributed by atoms with van der Waals surface area (Å²) in [6, 6.07) is 19.4. The minimum absolute atomic E-state index is 0.274. The van der Waals surface area contributed by atoms with Gasteiger partial charge in [-0.2, -0.15) is 0 Å². The van der Waals surface area contributed by atoms with Gasteiger partial charge in [0.15, 0.2) is 0 Å². The number of nitrogens with two attached hydrogens (primary N) is 1. The molecule has 3 rings (SSSR count). The maximum atomic E-state index is 6.60. The Balaban J connectivity index is 0.00000189. The molecule has 2 unspecified atom stereocenters. The molecule has 1 nitrogen and oxygen atoms in total. The van der Waals surface area contributed by atoms with Crippen LogP contribution in [0.4, 0.5) is 0 Å². The zero-order chi connectivity index (χ0) is 35.6. The van der Waals surface area contributed by atoms with E-state index in [1.807, 2.05) is 12.2 Å². The van der Waals surface area contributed by atoms with Crippen molar-refractivity contribution in [3.63, 3.8) is 0 Å². The smallest absolute Gasteiger partial charge is 0.0122 e. The normalized spacial score (nSPS) is 15.2. The van der Waals surface area contributed by atoms with Crippen LogP contribution in [-0.4, -0.2) is 6.54 Å². The fourth-order valence-electron chi connectivity index (χ4n) is 6.20. The lowest BCUT2D eigenvalue weighted by Gasteiger charge is -2.47. The van der Waals surface area contributed by atoms with Crippen molar-refractivity contribution < 1.29 is 0 Å². The molecular weight excluding hydrogens is 579 g/mol. The summed E-state index contributed by atoms with van der Waals surface area (Å²) in [6.45, 7) is 28.6. The van der Waals surface area contributed by atoms with Gasteiger partial charge in [-0.05, 0) is 95.2 Å². The van der Waals surface area contributed by atoms with E-state index in [1.54, 1.807) is 6.08 Å². The maximum absolute atomic E-state index is 6.60. The van der Waals surface area contributed by atoms with Crippen LogP contribution in [-0.2, 0) is 5.41 Å². The van der Waals surface area contributed by atoms with E-state index in [2.05, 4.69) is 171 Å². The zero-order valence-electron chi connectivity index (χ0n) is 31.0. The Hall–Kier alpha value is -4.20. The van der Waals surface area contributed by atoms with Crippen molar-refractivity contribution in [1.29, 1.82) is 0 Å². The predicted octanol–water partition coefficient (Wildman–Crippen LogP) is 11.6. The zero-order valence-corrected chi connectivity index (χ0v) is 31.0. The molecule has 0 saturated heterocycles. The number of hydrogen-bond acceptors (Lipinski definition) is 1. The van der Waals surface area contributed by atoms with Gasteiger partial charge in [0, 0.05) is 17.4 Å². The Morgan fingerprint density at radius 2 is 1.52 bits per heavy atom. The molecule has 0 amide bonds. The summed E-state index contributed by atoms with van der Waals surface area (Å²) in [6.07, 6.45) is 28.9. The highest BCUT2D eigenvalue weighted by atomic mass is 14.6. The molecule has 0 saturated carbocycles. The maximum Gasteiger partial charge on any atom is 0.0122 e. The van der Waals surface area contributed by atoms with Crippen molar-refractivity contribution in [3.05, 3.63) is 161 Å². The van der Waals surface area contributed by atoms with Gasteiger partial charge >= 0.3 is 0 Å². The van der Waals surface area contributed by atoms with E-state index >= 15 is 0 Å². The minimum atomic E-state index is -0.285. The van der Waals surface area contributed by atoms with Crippen molar-refractivity contribution >= 4 is 29.5 Å². The van der Waals surface area contributed by atoms with E-state index in [-0.39, 0.29) is 10.8 Å². The van der Waals surface area contributed by atoms with Crippen molar-refractivity contribution in [3.8, 4) is 0 Å². The van der Waals surface area contributed by atoms with Crippen LogP contribution in [0.5, 0.6) is 0 Å². The van der Waals surface area contributed by atoms with E-state index in [9.17, 15) is 0 Å². The van der Waals surface area contributed by atoms with E-state index in [1.165, 1.54) is 40.3 Å². The van der Waals surface area contributed by atoms with Crippen LogP contribution < -0.4 is 16.2 Å². The van der Waals surface area contributed by atoms with Gasteiger partial charge in [0.2, 0.25) is 0 Å². The Bertz CT molecular complexity index is 1740. The van der Waals surface area contributed by atoms with E-state index in [0.29, 0.717) is 6.54 Å². The molecule has 0 spiro atoms. The van der Waals surface area contributed by atoms with Crippen LogP contribution in [0.3, 0.4) is 0 Å². The predicted molar refractivity (Wildman–Crippen MR) is 219 cm³/mol. The standard InChI is InChI=1S/C43H51N.C4H10/c1-9-12-14-15-21-29-43(37-22-17-16-18-23-37,42(8,32-44)28-11-3)30-27-33(4)34(5)31-41-36(7)35(6)38(24-13-10-2)39-25-19-20-26-40(39)41;1-3-4-2/h9,11-28,31H,1,5,7,10,29-30,32,44H2,2-4,6,8H3;3-4H2,1-2H3/b14-12-,21-15-,24-13-,28-11-,33-27+,41-31+;. The van der Waals surface area contributed by atoms with Gasteiger partial charge in [-0.3, -0.25) is 0 Å². The fourth-order valence-corrected chi connectivity index (χ4v) is 6.20. The third-order valence-electron chi connectivity index (χ3n) is 9.63. The number of fused-ring (bicyclic) bond motifs is 1. The summed E-state index contributed by atoms with van der Waals surface area (Å²) in [5.74, 6) is 0. The molecule has 3 aromatic carbocycles. The summed E-state index contributed by atoms with van der Waals surface area (Å²) in [4.78, 5) is 0. The fraction of sp³-hybridized carbons (Fsp3) is 0.319. The quantitative estimate of drug-likeness (QED) is 0.130. The molecule has 2 N–H and O–H groups in total. The SMILES string of the molecule is C=C/C=C\C=C/CC(C/C=C(\C)C(=C)/C=c1\c(=C)c(C)c(/C=C\CC)c2ccccc12)(c1ccccc1)C(C)(/C=C\C)CN.CCCC. The first-order chi connectivity index (χ1) is 23.1. The summed E-state index contributed by atoms with van der Waals surface area (Å²) in [7, 11) is 0. The molecule has 0 aliphatic heterocycles. The number of allylic oxidation sites excluding steroid dienone is 10. The van der Waals surface area contributed by atoms with E-state index in [0.717, 1.165) is 40.8 Å². The molecule has 3 aromatic rings. The average Bonchev–Trinajstić information content (AvgIpc) is 3.11. The summed E-state index contributed by atoms with van der Waals surface area (Å²) >= 11 is 0. The highest BCUT2D eigenvalue weighted by Gasteiger charge is 2.45. The van der Waals surface area contributed by atoms with Gasteiger partial charge in [-0.15, -0.1) is 0 Å². The van der Waals surface area contributed by atoms with Crippen LogP contribution in [0.2, 0.25) is 0 Å². The molecule has 0 radical (unpaired) electrons. The Morgan fingerprint density at radius 3 is 2.10 bits per heavy atom. The largest absolute Gasteiger partial charge is 0.330 e. The Kier molecular flexibility index (Phi) is 16.8. The number of rotatable bonds is 15. The van der Waals surface area contributed by atoms with Gasteiger partial charge in [-0.1, -0.05) is 176 Å². The lowest BCUT2D eigenvalue weighted by Crippen LogP contribution is -2.47. The molecule has 0 aliphatic carbocycles. The molecule has 254 valence electrons. The van der Waals surface area contributed by atoms with Gasteiger partial charge < -0.3 is 5.73 Å². The molecular formula is C47H61N. The first kappa shape index (κ1) is 40.0. The Labute approximate surface area is 293 Å². The molecule has 0 bridgehead atoms. The Morgan fingerprint density at radius 1 is 0.875 bits per heavy atom. The first-order valence-electron chi connectivity index (χ1n) is 17.7. The molecule has 1 heteroatoms. The summed E-state index contributed by atoms with van der Waals surface area (Å²) in [5, 5.41) is 4.63. The van der Waals surface area contributed by atoms with Crippen molar-refractivity contribution in [2.45, 2.75) is 86.0 Å².